The number of ketones is 1. The summed E-state index contributed by atoms with van der Waals surface area (Å²) in [5.41, 5.74) is 3.85. The summed E-state index contributed by atoms with van der Waals surface area (Å²) >= 11 is 0. The number of benzene rings is 2. The Morgan fingerprint density at radius 3 is 2.00 bits per heavy atom. The lowest BCUT2D eigenvalue weighted by Crippen LogP contribution is -2.21. The van der Waals surface area contributed by atoms with Crippen molar-refractivity contribution < 1.29 is 23.9 Å². The lowest BCUT2D eigenvalue weighted by atomic mass is 10.1. The third kappa shape index (κ3) is 7.87. The van der Waals surface area contributed by atoms with Crippen LogP contribution in [0.5, 0.6) is 0 Å². The average Bonchev–Trinajstić information content (AvgIpc) is 2.66. The predicted octanol–water partition coefficient (Wildman–Crippen LogP) is 3.80. The van der Waals surface area contributed by atoms with Crippen molar-refractivity contribution in [2.45, 2.75) is 40.0 Å². The van der Waals surface area contributed by atoms with Crippen LogP contribution in [0, 0.1) is 13.8 Å². The molecule has 2 aromatic rings. The van der Waals surface area contributed by atoms with Crippen LogP contribution in [0.15, 0.2) is 42.5 Å². The highest BCUT2D eigenvalue weighted by atomic mass is 16.5. The van der Waals surface area contributed by atoms with Gasteiger partial charge in [-0.1, -0.05) is 6.07 Å². The number of Topliss-reactive ketones (excluding diaryl/α,β-unsaturated/α-hetero) is 1. The summed E-state index contributed by atoms with van der Waals surface area (Å²) in [5.74, 6) is -1.25. The monoisotopic (exact) mass is 410 g/mol. The van der Waals surface area contributed by atoms with Gasteiger partial charge in [0.25, 0.3) is 5.91 Å². The van der Waals surface area contributed by atoms with Crippen molar-refractivity contribution in [2.24, 2.45) is 0 Å². The fraction of sp³-hybridized carbons (Fsp3) is 0.304. The molecule has 2 aromatic carbocycles. The minimum atomic E-state index is -0.538. The maximum atomic E-state index is 11.9. The third-order valence-electron chi connectivity index (χ3n) is 4.23. The molecular formula is C23H26N2O5. The van der Waals surface area contributed by atoms with Crippen LogP contribution >= 0.6 is 0 Å². The minimum absolute atomic E-state index is 0.0352. The van der Waals surface area contributed by atoms with Crippen LogP contribution in [0.1, 0.15) is 47.7 Å². The molecule has 0 radical (unpaired) electrons. The van der Waals surface area contributed by atoms with Gasteiger partial charge in [-0.15, -0.1) is 0 Å². The van der Waals surface area contributed by atoms with Crippen molar-refractivity contribution in [3.05, 3.63) is 59.2 Å². The molecule has 2 N–H and O–H groups in total. The van der Waals surface area contributed by atoms with Crippen LogP contribution in [0.3, 0.4) is 0 Å². The SMILES string of the molecule is CC(=O)c1ccc(NC(=O)CCCC(=O)OCC(=O)Nc2cc(C)cc(C)c2)cc1. The van der Waals surface area contributed by atoms with E-state index in [1.54, 1.807) is 24.3 Å². The van der Waals surface area contributed by atoms with E-state index in [0.717, 1.165) is 11.1 Å². The standard InChI is InChI=1S/C23H26N2O5/c1-15-11-16(2)13-20(12-15)25-22(28)14-30-23(29)6-4-5-21(27)24-19-9-7-18(8-10-19)17(3)26/h7-13H,4-6,14H2,1-3H3,(H,24,27)(H,25,28). The van der Waals surface area contributed by atoms with E-state index in [9.17, 15) is 19.2 Å². The van der Waals surface area contributed by atoms with Gasteiger partial charge in [-0.25, -0.2) is 0 Å². The van der Waals surface area contributed by atoms with Gasteiger partial charge in [0, 0.05) is 29.8 Å². The van der Waals surface area contributed by atoms with Crippen LogP contribution in [-0.2, 0) is 19.1 Å². The van der Waals surface area contributed by atoms with Gasteiger partial charge < -0.3 is 15.4 Å². The molecule has 0 heterocycles. The van der Waals surface area contributed by atoms with Crippen LogP contribution in [-0.4, -0.2) is 30.2 Å². The van der Waals surface area contributed by atoms with Gasteiger partial charge >= 0.3 is 5.97 Å². The topological polar surface area (TPSA) is 102 Å². The number of esters is 1. The fourth-order valence-corrected chi connectivity index (χ4v) is 2.87. The van der Waals surface area contributed by atoms with Crippen LogP contribution < -0.4 is 10.6 Å². The first-order chi connectivity index (χ1) is 14.2. The molecule has 2 amide bonds. The Labute approximate surface area is 175 Å². The number of aryl methyl sites for hydroxylation is 2. The highest BCUT2D eigenvalue weighted by molar-refractivity contribution is 5.96. The van der Waals surface area contributed by atoms with Gasteiger partial charge in [-0.2, -0.15) is 0 Å². The Bertz CT molecular complexity index is 915. The van der Waals surface area contributed by atoms with Gasteiger partial charge in [0.1, 0.15) is 0 Å². The number of amides is 2. The molecule has 0 aliphatic heterocycles. The minimum Gasteiger partial charge on any atom is -0.456 e. The number of rotatable bonds is 9. The lowest BCUT2D eigenvalue weighted by molar-refractivity contribution is -0.147. The Morgan fingerprint density at radius 2 is 1.40 bits per heavy atom. The molecule has 0 atom stereocenters. The molecule has 0 spiro atoms. The van der Waals surface area contributed by atoms with Crippen LogP contribution in [0.4, 0.5) is 11.4 Å². The molecule has 0 saturated carbocycles. The Morgan fingerprint density at radius 1 is 0.800 bits per heavy atom. The summed E-state index contributed by atoms with van der Waals surface area (Å²) in [6.07, 6.45) is 0.473. The molecule has 0 fully saturated rings. The Kier molecular flexibility index (Phi) is 8.29. The molecule has 0 unspecified atom stereocenters. The smallest absolute Gasteiger partial charge is 0.306 e. The van der Waals surface area contributed by atoms with Crippen molar-refractivity contribution in [3.63, 3.8) is 0 Å². The van der Waals surface area contributed by atoms with E-state index in [4.69, 9.17) is 4.74 Å². The molecule has 7 nitrogen and oxygen atoms in total. The summed E-state index contributed by atoms with van der Waals surface area (Å²) in [7, 11) is 0. The lowest BCUT2D eigenvalue weighted by Gasteiger charge is -2.08. The number of hydrogen-bond donors (Lipinski definition) is 2. The zero-order valence-corrected chi connectivity index (χ0v) is 17.4. The molecule has 158 valence electrons. The Balaban J connectivity index is 1.66. The fourth-order valence-electron chi connectivity index (χ4n) is 2.87. The quantitative estimate of drug-likeness (QED) is 0.484. The zero-order valence-electron chi connectivity index (χ0n) is 17.4. The van der Waals surface area contributed by atoms with E-state index in [-0.39, 0.29) is 31.1 Å². The van der Waals surface area contributed by atoms with E-state index < -0.39 is 11.9 Å². The summed E-state index contributed by atoms with van der Waals surface area (Å²) in [6.45, 7) is 4.96. The van der Waals surface area contributed by atoms with E-state index in [1.165, 1.54) is 6.92 Å². The summed E-state index contributed by atoms with van der Waals surface area (Å²) < 4.78 is 4.96. The number of carbonyl (C=O) groups is 4. The first-order valence-electron chi connectivity index (χ1n) is 9.67. The molecule has 7 heteroatoms. The number of hydrogen-bond acceptors (Lipinski definition) is 5. The third-order valence-corrected chi connectivity index (χ3v) is 4.23. The molecule has 0 saturated heterocycles. The largest absolute Gasteiger partial charge is 0.456 e. The van der Waals surface area contributed by atoms with Gasteiger partial charge in [-0.05, 0) is 74.7 Å². The molecule has 0 aromatic heterocycles. The van der Waals surface area contributed by atoms with E-state index >= 15 is 0 Å². The number of anilines is 2. The number of nitrogens with one attached hydrogen (secondary N) is 2. The highest BCUT2D eigenvalue weighted by Crippen LogP contribution is 2.14. The summed E-state index contributed by atoms with van der Waals surface area (Å²) in [5, 5.41) is 5.39. The maximum absolute atomic E-state index is 11.9. The van der Waals surface area contributed by atoms with Gasteiger partial charge in [0.05, 0.1) is 0 Å². The normalized spacial score (nSPS) is 10.2. The molecule has 0 aliphatic carbocycles. The van der Waals surface area contributed by atoms with E-state index in [1.807, 2.05) is 32.0 Å². The first kappa shape index (κ1) is 22.8. The Hall–Kier alpha value is -3.48. The summed E-state index contributed by atoms with van der Waals surface area (Å²) in [4.78, 5) is 46.9. The molecular weight excluding hydrogens is 384 g/mol. The van der Waals surface area contributed by atoms with Crippen LogP contribution in [0.25, 0.3) is 0 Å². The first-order valence-corrected chi connectivity index (χ1v) is 9.67. The van der Waals surface area contributed by atoms with E-state index in [0.29, 0.717) is 23.4 Å². The van der Waals surface area contributed by atoms with E-state index in [2.05, 4.69) is 10.6 Å². The zero-order chi connectivity index (χ0) is 22.1. The average molecular weight is 410 g/mol. The van der Waals surface area contributed by atoms with Crippen molar-refractivity contribution in [1.82, 2.24) is 0 Å². The maximum Gasteiger partial charge on any atom is 0.306 e. The molecule has 30 heavy (non-hydrogen) atoms. The number of carbonyl (C=O) groups excluding carboxylic acids is 4. The van der Waals surface area contributed by atoms with Gasteiger partial charge in [0.15, 0.2) is 12.4 Å². The number of ether oxygens (including phenoxy) is 1. The van der Waals surface area contributed by atoms with Crippen molar-refractivity contribution in [1.29, 1.82) is 0 Å². The second-order valence-corrected chi connectivity index (χ2v) is 7.12. The van der Waals surface area contributed by atoms with Crippen LogP contribution in [0.2, 0.25) is 0 Å². The predicted molar refractivity (Wildman–Crippen MR) is 114 cm³/mol. The van der Waals surface area contributed by atoms with Crippen molar-refractivity contribution in [2.75, 3.05) is 17.2 Å². The van der Waals surface area contributed by atoms with Crippen molar-refractivity contribution in [3.8, 4) is 0 Å². The second kappa shape index (κ2) is 10.9. The molecule has 0 bridgehead atoms. The molecule has 2 rings (SSSR count). The van der Waals surface area contributed by atoms with Gasteiger partial charge in [0.2, 0.25) is 5.91 Å². The summed E-state index contributed by atoms with van der Waals surface area (Å²) in [6, 6.07) is 12.2. The van der Waals surface area contributed by atoms with Crippen molar-refractivity contribution >= 4 is 34.9 Å². The highest BCUT2D eigenvalue weighted by Gasteiger charge is 2.10. The molecule has 0 aliphatic rings. The van der Waals surface area contributed by atoms with Gasteiger partial charge in [-0.3, -0.25) is 19.2 Å². The second-order valence-electron chi connectivity index (χ2n) is 7.12.